The molecule has 3 heterocycles. The minimum absolute atomic E-state index is 0.109. The molecule has 1 spiro atoms. The average Bonchev–Trinajstić information content (AvgIpc) is 3.43. The molecule has 0 aliphatic carbocycles. The molecule has 0 unspecified atom stereocenters. The predicted octanol–water partition coefficient (Wildman–Crippen LogP) is 2.91. The van der Waals surface area contributed by atoms with E-state index in [4.69, 9.17) is 11.6 Å². The highest BCUT2D eigenvalue weighted by atomic mass is 35.5. The highest BCUT2D eigenvalue weighted by Crippen LogP contribution is 2.54. The number of benzene rings is 3. The largest absolute Gasteiger partial charge is 0.504 e. The number of nitrogens with zero attached hydrogens (tertiary/aromatic N) is 1. The molecule has 3 aliphatic heterocycles. The first-order valence-electron chi connectivity index (χ1n) is 11.6. The van der Waals surface area contributed by atoms with Crippen LogP contribution >= 0.6 is 11.6 Å². The van der Waals surface area contributed by atoms with E-state index in [1.807, 2.05) is 30.3 Å². The van der Waals surface area contributed by atoms with Crippen LogP contribution < -0.4 is 10.6 Å². The molecule has 0 aromatic heterocycles. The third-order valence-corrected chi connectivity index (χ3v) is 7.68. The molecular weight excluding hydrogens is 482 g/mol. The molecule has 3 aliphatic rings. The van der Waals surface area contributed by atoms with Gasteiger partial charge in [-0.05, 0) is 47.9 Å². The maximum Gasteiger partial charge on any atom is 0.250 e. The summed E-state index contributed by atoms with van der Waals surface area (Å²) in [5, 5.41) is 26.3. The predicted molar refractivity (Wildman–Crippen MR) is 131 cm³/mol. The topological polar surface area (TPSA) is 119 Å². The highest BCUT2D eigenvalue weighted by Gasteiger charge is 2.70. The van der Waals surface area contributed by atoms with E-state index in [2.05, 4.69) is 10.6 Å². The Balaban J connectivity index is 1.45. The number of hydrogen-bond acceptors (Lipinski definition) is 6. The Hall–Kier alpha value is -3.88. The summed E-state index contributed by atoms with van der Waals surface area (Å²) in [7, 11) is 0. The Kier molecular flexibility index (Phi) is 5.07. The molecule has 0 radical (unpaired) electrons. The van der Waals surface area contributed by atoms with Crippen LogP contribution in [0.2, 0.25) is 5.02 Å². The zero-order chi connectivity index (χ0) is 25.2. The number of amides is 3. The number of anilines is 1. The molecule has 3 aromatic carbocycles. The molecule has 0 bridgehead atoms. The van der Waals surface area contributed by atoms with Crippen molar-refractivity contribution in [1.29, 1.82) is 0 Å². The van der Waals surface area contributed by atoms with Crippen LogP contribution in [0.5, 0.6) is 11.5 Å². The van der Waals surface area contributed by atoms with E-state index < -0.39 is 35.2 Å². The average molecular weight is 504 g/mol. The number of rotatable bonds is 4. The van der Waals surface area contributed by atoms with E-state index in [0.717, 1.165) is 5.56 Å². The molecule has 4 N–H and O–H groups in total. The lowest BCUT2D eigenvalue weighted by Gasteiger charge is -2.29. The van der Waals surface area contributed by atoms with Gasteiger partial charge < -0.3 is 15.5 Å². The lowest BCUT2D eigenvalue weighted by Crippen LogP contribution is -2.53. The molecule has 182 valence electrons. The smallest absolute Gasteiger partial charge is 0.250 e. The van der Waals surface area contributed by atoms with Gasteiger partial charge in [0.25, 0.3) is 0 Å². The van der Waals surface area contributed by atoms with Gasteiger partial charge in [-0.3, -0.25) is 24.6 Å². The van der Waals surface area contributed by atoms with Crippen molar-refractivity contribution >= 4 is 35.0 Å². The zero-order valence-electron chi connectivity index (χ0n) is 18.9. The minimum atomic E-state index is -1.47. The molecule has 6 rings (SSSR count). The summed E-state index contributed by atoms with van der Waals surface area (Å²) < 4.78 is 0. The summed E-state index contributed by atoms with van der Waals surface area (Å²) in [6.45, 7) is 0.109. The van der Waals surface area contributed by atoms with Crippen molar-refractivity contribution in [1.82, 2.24) is 10.2 Å². The lowest BCUT2D eigenvalue weighted by molar-refractivity contribution is -0.143. The molecule has 36 heavy (non-hydrogen) atoms. The van der Waals surface area contributed by atoms with Crippen LogP contribution in [0.4, 0.5) is 5.69 Å². The first-order chi connectivity index (χ1) is 17.3. The van der Waals surface area contributed by atoms with Crippen molar-refractivity contribution in [3.63, 3.8) is 0 Å². The number of carbonyl (C=O) groups excluding carboxylic acids is 3. The van der Waals surface area contributed by atoms with Gasteiger partial charge in [0, 0.05) is 22.3 Å². The fourth-order valence-electron chi connectivity index (χ4n) is 5.88. The summed E-state index contributed by atoms with van der Waals surface area (Å²) >= 11 is 6.29. The number of hydrogen-bond donors (Lipinski definition) is 4. The second kappa shape index (κ2) is 8.08. The Labute approximate surface area is 211 Å². The number of phenols is 2. The van der Waals surface area contributed by atoms with Gasteiger partial charge in [0.1, 0.15) is 5.54 Å². The van der Waals surface area contributed by atoms with Gasteiger partial charge in [0.2, 0.25) is 17.7 Å². The van der Waals surface area contributed by atoms with Crippen LogP contribution in [0.3, 0.4) is 0 Å². The number of nitrogens with one attached hydrogen (secondary N) is 2. The number of fused-ring (bicyclic) bond motifs is 4. The molecular formula is C27H22ClN3O5. The van der Waals surface area contributed by atoms with Gasteiger partial charge in [-0.2, -0.15) is 0 Å². The molecule has 2 saturated heterocycles. The fraction of sp³-hybridized carbons (Fsp3) is 0.222. The van der Waals surface area contributed by atoms with E-state index in [0.29, 0.717) is 21.8 Å². The van der Waals surface area contributed by atoms with Crippen molar-refractivity contribution in [2.24, 2.45) is 11.8 Å². The van der Waals surface area contributed by atoms with Gasteiger partial charge in [0.15, 0.2) is 11.5 Å². The number of imide groups is 1. The van der Waals surface area contributed by atoms with Crippen molar-refractivity contribution in [2.45, 2.75) is 24.5 Å². The van der Waals surface area contributed by atoms with Gasteiger partial charge in [0.05, 0.1) is 18.4 Å². The monoisotopic (exact) mass is 503 g/mol. The van der Waals surface area contributed by atoms with Gasteiger partial charge >= 0.3 is 0 Å². The lowest BCUT2D eigenvalue weighted by atomic mass is 9.76. The van der Waals surface area contributed by atoms with Crippen molar-refractivity contribution in [3.8, 4) is 11.5 Å². The van der Waals surface area contributed by atoms with Crippen molar-refractivity contribution in [2.75, 3.05) is 5.32 Å². The SMILES string of the molecule is O=C1[C@@H]2[C@H](Cc3ccc(O)c(O)c3)N[C@@]3(C(=O)Nc4ccc(Cl)cc43)[C@@H]2C(=O)N1Cc1ccccc1. The molecule has 3 aromatic rings. The molecule has 8 nitrogen and oxygen atoms in total. The van der Waals surface area contributed by atoms with Crippen LogP contribution in [0.1, 0.15) is 16.7 Å². The van der Waals surface area contributed by atoms with E-state index in [1.165, 1.54) is 17.0 Å². The third-order valence-electron chi connectivity index (χ3n) is 7.45. The van der Waals surface area contributed by atoms with Crippen molar-refractivity contribution in [3.05, 3.63) is 88.4 Å². The van der Waals surface area contributed by atoms with Crippen LogP contribution in [-0.4, -0.2) is 38.9 Å². The fourth-order valence-corrected chi connectivity index (χ4v) is 6.05. The van der Waals surface area contributed by atoms with E-state index >= 15 is 0 Å². The normalized spacial score (nSPS) is 26.4. The summed E-state index contributed by atoms with van der Waals surface area (Å²) in [6.07, 6.45) is 0.248. The van der Waals surface area contributed by atoms with Gasteiger partial charge in [-0.25, -0.2) is 0 Å². The second-order valence-electron chi connectivity index (χ2n) is 9.48. The summed E-state index contributed by atoms with van der Waals surface area (Å²) in [4.78, 5) is 42.4. The molecule has 3 amide bonds. The van der Waals surface area contributed by atoms with Gasteiger partial charge in [-0.1, -0.05) is 48.0 Å². The minimum Gasteiger partial charge on any atom is -0.504 e. The van der Waals surface area contributed by atoms with Crippen LogP contribution in [0.15, 0.2) is 66.7 Å². The van der Waals surface area contributed by atoms with Crippen LogP contribution in [-0.2, 0) is 32.9 Å². The number of likely N-dealkylation sites (tertiary alicyclic amines) is 1. The highest BCUT2D eigenvalue weighted by molar-refractivity contribution is 6.31. The molecule has 2 fully saturated rings. The zero-order valence-corrected chi connectivity index (χ0v) is 19.7. The first-order valence-corrected chi connectivity index (χ1v) is 12.0. The van der Waals surface area contributed by atoms with Gasteiger partial charge in [-0.15, -0.1) is 0 Å². The summed E-state index contributed by atoms with van der Waals surface area (Å²) in [5.41, 5.74) is 1.06. The maximum absolute atomic E-state index is 13.9. The molecule has 0 saturated carbocycles. The molecule has 9 heteroatoms. The Morgan fingerprint density at radius 1 is 0.889 bits per heavy atom. The number of aromatic hydroxyl groups is 2. The molecule has 4 atom stereocenters. The van der Waals surface area contributed by atoms with Crippen LogP contribution in [0, 0.1) is 11.8 Å². The quantitative estimate of drug-likeness (QED) is 0.321. The number of carbonyl (C=O) groups is 3. The van der Waals surface area contributed by atoms with Crippen molar-refractivity contribution < 1.29 is 24.6 Å². The Bertz CT molecular complexity index is 1430. The second-order valence-corrected chi connectivity index (χ2v) is 9.92. The Morgan fingerprint density at radius 3 is 2.42 bits per heavy atom. The first kappa shape index (κ1) is 22.6. The third kappa shape index (κ3) is 3.22. The van der Waals surface area contributed by atoms with E-state index in [9.17, 15) is 24.6 Å². The Morgan fingerprint density at radius 2 is 1.67 bits per heavy atom. The number of phenolic OH excluding ortho intramolecular Hbond substituents is 2. The summed E-state index contributed by atoms with van der Waals surface area (Å²) in [5.74, 6) is -3.50. The van der Waals surface area contributed by atoms with E-state index in [-0.39, 0.29) is 30.4 Å². The standard InChI is InChI=1S/C27H22ClN3O5/c28-16-7-8-18-17(12-16)27(26(36)29-18)23-22(19(30-27)10-15-6-9-20(32)21(33)11-15)24(34)31(25(23)35)13-14-4-2-1-3-5-14/h1-9,11-12,19,22-23,30,32-33H,10,13H2,(H,29,36)/t19-,22+,23-,27+/m0/s1. The van der Waals surface area contributed by atoms with Crippen LogP contribution in [0.25, 0.3) is 0 Å². The van der Waals surface area contributed by atoms with E-state index in [1.54, 1.807) is 24.3 Å². The number of halogens is 1. The maximum atomic E-state index is 13.9. The summed E-state index contributed by atoms with van der Waals surface area (Å²) in [6, 6.07) is 18.1.